The van der Waals surface area contributed by atoms with E-state index in [0.29, 0.717) is 31.5 Å². The molecular weight excluding hydrogens is 416 g/mol. The smallest absolute Gasteiger partial charge is 0.407 e. The highest BCUT2D eigenvalue weighted by Crippen LogP contribution is 2.39. The number of benzene rings is 1. The van der Waals surface area contributed by atoms with E-state index in [0.717, 1.165) is 18.2 Å². The highest BCUT2D eigenvalue weighted by atomic mass is 35.5. The number of amides is 1. The van der Waals surface area contributed by atoms with Crippen molar-refractivity contribution in [2.45, 2.75) is 38.8 Å². The van der Waals surface area contributed by atoms with Crippen LogP contribution in [0.3, 0.4) is 0 Å². The fraction of sp³-hybridized carbons (Fsp3) is 0.381. The second-order valence-corrected chi connectivity index (χ2v) is 8.44. The van der Waals surface area contributed by atoms with Crippen LogP contribution in [-0.4, -0.2) is 42.1 Å². The van der Waals surface area contributed by atoms with Crippen molar-refractivity contribution >= 4 is 29.7 Å². The zero-order valence-electron chi connectivity index (χ0n) is 16.8. The van der Waals surface area contributed by atoms with E-state index in [9.17, 15) is 18.4 Å². The number of ether oxygens (including phenoxy) is 1. The molecule has 0 bridgehead atoms. The molecule has 0 unspecified atom stereocenters. The van der Waals surface area contributed by atoms with Crippen LogP contribution in [0.1, 0.15) is 37.6 Å². The van der Waals surface area contributed by atoms with Crippen molar-refractivity contribution in [2.75, 3.05) is 18.0 Å². The van der Waals surface area contributed by atoms with Crippen LogP contribution >= 0.6 is 11.6 Å². The molecule has 1 aliphatic heterocycles. The lowest BCUT2D eigenvalue weighted by atomic mass is 10.0. The van der Waals surface area contributed by atoms with Gasteiger partial charge >= 0.3 is 6.09 Å². The number of aromatic nitrogens is 1. The van der Waals surface area contributed by atoms with Gasteiger partial charge in [-0.3, -0.25) is 4.79 Å². The molecule has 1 aliphatic rings. The Labute approximate surface area is 178 Å². The summed E-state index contributed by atoms with van der Waals surface area (Å²) in [5.74, 6) is -1.54. The van der Waals surface area contributed by atoms with Gasteiger partial charge in [0.2, 0.25) is 0 Å². The Hall–Kier alpha value is -2.74. The number of carbonyl (C=O) groups is 2. The number of rotatable bonds is 4. The molecule has 0 aliphatic carbocycles. The molecule has 3 rings (SSSR count). The first-order valence-corrected chi connectivity index (χ1v) is 9.80. The van der Waals surface area contributed by atoms with E-state index in [-0.39, 0.29) is 27.9 Å². The number of pyridine rings is 1. The van der Waals surface area contributed by atoms with Crippen molar-refractivity contribution in [1.82, 2.24) is 10.3 Å². The molecule has 1 aromatic heterocycles. The second-order valence-electron chi connectivity index (χ2n) is 8.08. The van der Waals surface area contributed by atoms with Gasteiger partial charge in [-0.05, 0) is 44.9 Å². The van der Waals surface area contributed by atoms with Gasteiger partial charge in [0.15, 0.2) is 6.29 Å². The molecule has 0 spiro atoms. The van der Waals surface area contributed by atoms with Crippen molar-refractivity contribution in [2.24, 2.45) is 0 Å². The first-order valence-electron chi connectivity index (χ1n) is 9.42. The van der Waals surface area contributed by atoms with Gasteiger partial charge in [-0.1, -0.05) is 11.6 Å². The fourth-order valence-corrected chi connectivity index (χ4v) is 3.68. The Morgan fingerprint density at radius 2 is 1.97 bits per heavy atom. The minimum Gasteiger partial charge on any atom is -0.444 e. The summed E-state index contributed by atoms with van der Waals surface area (Å²) in [6.45, 7) is 6.17. The number of anilines is 1. The molecule has 9 heteroatoms. The Balaban J connectivity index is 1.93. The van der Waals surface area contributed by atoms with E-state index in [4.69, 9.17) is 16.3 Å². The predicted molar refractivity (Wildman–Crippen MR) is 110 cm³/mol. The van der Waals surface area contributed by atoms with Crippen LogP contribution in [0.15, 0.2) is 24.4 Å². The Morgan fingerprint density at radius 1 is 1.30 bits per heavy atom. The number of nitrogens with one attached hydrogen (secondary N) is 1. The molecule has 30 heavy (non-hydrogen) atoms. The van der Waals surface area contributed by atoms with Crippen LogP contribution in [0, 0.1) is 11.6 Å². The van der Waals surface area contributed by atoms with Crippen LogP contribution in [0.25, 0.3) is 11.1 Å². The molecule has 160 valence electrons. The number of alkyl carbamates (subject to hydrolysis) is 1. The molecule has 1 aromatic carbocycles. The number of aldehydes is 1. The Bertz CT molecular complexity index is 958. The Kier molecular flexibility index (Phi) is 6.26. The highest BCUT2D eigenvalue weighted by Gasteiger charge is 2.30. The van der Waals surface area contributed by atoms with Gasteiger partial charge in [0.1, 0.15) is 22.4 Å². The molecule has 1 saturated heterocycles. The molecule has 1 amide bonds. The van der Waals surface area contributed by atoms with Gasteiger partial charge in [-0.15, -0.1) is 0 Å². The van der Waals surface area contributed by atoms with Crippen LogP contribution in [0.2, 0.25) is 5.15 Å². The van der Waals surface area contributed by atoms with E-state index in [2.05, 4.69) is 10.3 Å². The summed E-state index contributed by atoms with van der Waals surface area (Å²) in [5, 5.41) is 2.82. The number of halogens is 3. The normalized spacial score (nSPS) is 16.5. The number of hydrogen-bond acceptors (Lipinski definition) is 5. The van der Waals surface area contributed by atoms with Crippen molar-refractivity contribution < 1.29 is 23.1 Å². The van der Waals surface area contributed by atoms with Crippen LogP contribution < -0.4 is 10.2 Å². The minimum atomic E-state index is -0.769. The van der Waals surface area contributed by atoms with Crippen LogP contribution in [-0.2, 0) is 4.74 Å². The van der Waals surface area contributed by atoms with Gasteiger partial charge in [0.05, 0.1) is 17.3 Å². The van der Waals surface area contributed by atoms with Gasteiger partial charge in [-0.25, -0.2) is 18.6 Å². The predicted octanol–water partition coefficient (Wildman–Crippen LogP) is 4.60. The lowest BCUT2D eigenvalue weighted by molar-refractivity contribution is 0.0509. The molecule has 6 nitrogen and oxygen atoms in total. The maximum Gasteiger partial charge on any atom is 0.407 e. The topological polar surface area (TPSA) is 71.5 Å². The zero-order chi connectivity index (χ0) is 22.1. The average molecular weight is 438 g/mol. The summed E-state index contributed by atoms with van der Waals surface area (Å²) < 4.78 is 32.9. The standard InChI is InChI=1S/C21H22ClF2N3O3/c1-21(2,3)30-20(29)26-16-4-5-27(10-16)18-13(11-28)9-25-19(22)17(18)12-6-14(23)8-15(24)7-12/h6-9,11,16H,4-5,10H2,1-3H3,(H,26,29)/t16-/m0/s1. The maximum atomic E-state index is 13.8. The monoisotopic (exact) mass is 437 g/mol. The van der Waals surface area contributed by atoms with Gasteiger partial charge in [-0.2, -0.15) is 0 Å². The lowest BCUT2D eigenvalue weighted by Crippen LogP contribution is -2.40. The third-order valence-corrected chi connectivity index (χ3v) is 4.82. The summed E-state index contributed by atoms with van der Waals surface area (Å²) in [6.07, 6.45) is 1.99. The molecule has 2 aromatic rings. The number of hydrogen-bond donors (Lipinski definition) is 1. The first-order chi connectivity index (χ1) is 14.1. The van der Waals surface area contributed by atoms with Crippen LogP contribution in [0.4, 0.5) is 19.3 Å². The summed E-state index contributed by atoms with van der Waals surface area (Å²) >= 11 is 6.28. The lowest BCUT2D eigenvalue weighted by Gasteiger charge is -2.25. The third kappa shape index (κ3) is 5.05. The van der Waals surface area contributed by atoms with Crippen molar-refractivity contribution in [3.8, 4) is 11.1 Å². The molecular formula is C21H22ClF2N3O3. The largest absolute Gasteiger partial charge is 0.444 e. The van der Waals surface area contributed by atoms with E-state index in [1.807, 2.05) is 4.90 Å². The van der Waals surface area contributed by atoms with Gasteiger partial charge in [0, 0.05) is 30.9 Å². The quantitative estimate of drug-likeness (QED) is 0.559. The summed E-state index contributed by atoms with van der Waals surface area (Å²) in [7, 11) is 0. The number of carbonyl (C=O) groups excluding carboxylic acids is 2. The van der Waals surface area contributed by atoms with Crippen molar-refractivity contribution in [1.29, 1.82) is 0 Å². The van der Waals surface area contributed by atoms with E-state index in [1.54, 1.807) is 20.8 Å². The summed E-state index contributed by atoms with van der Waals surface area (Å²) in [5.41, 5.74) is 0.464. The highest BCUT2D eigenvalue weighted by molar-refractivity contribution is 6.33. The SMILES string of the molecule is CC(C)(C)OC(=O)N[C@H]1CCN(c2c(C=O)cnc(Cl)c2-c2cc(F)cc(F)c2)C1. The fourth-order valence-electron chi connectivity index (χ4n) is 3.43. The van der Waals surface area contributed by atoms with E-state index < -0.39 is 23.3 Å². The Morgan fingerprint density at radius 3 is 2.57 bits per heavy atom. The third-order valence-electron chi connectivity index (χ3n) is 4.54. The maximum absolute atomic E-state index is 13.8. The summed E-state index contributed by atoms with van der Waals surface area (Å²) in [6, 6.07) is 2.79. The minimum absolute atomic E-state index is 0.0177. The molecule has 1 fully saturated rings. The van der Waals surface area contributed by atoms with Crippen LogP contribution in [0.5, 0.6) is 0 Å². The molecule has 2 heterocycles. The molecule has 0 radical (unpaired) electrons. The molecule has 0 saturated carbocycles. The molecule has 1 N–H and O–H groups in total. The zero-order valence-corrected chi connectivity index (χ0v) is 17.6. The number of nitrogens with zero attached hydrogens (tertiary/aromatic N) is 2. The van der Waals surface area contributed by atoms with Gasteiger partial charge < -0.3 is 15.0 Å². The second kappa shape index (κ2) is 8.55. The first kappa shape index (κ1) is 22.0. The van der Waals surface area contributed by atoms with Gasteiger partial charge in [0.25, 0.3) is 0 Å². The summed E-state index contributed by atoms with van der Waals surface area (Å²) in [4.78, 5) is 29.6. The molecule has 1 atom stereocenters. The average Bonchev–Trinajstić information content (AvgIpc) is 3.06. The van der Waals surface area contributed by atoms with E-state index >= 15 is 0 Å². The van der Waals surface area contributed by atoms with Crippen molar-refractivity contribution in [3.05, 3.63) is 46.7 Å². The van der Waals surface area contributed by atoms with E-state index in [1.165, 1.54) is 6.20 Å². The van der Waals surface area contributed by atoms with Crippen molar-refractivity contribution in [3.63, 3.8) is 0 Å².